The first kappa shape index (κ1) is 9.95. The molecule has 0 saturated carbocycles. The Morgan fingerprint density at radius 3 is 2.13 bits per heavy atom. The van der Waals surface area contributed by atoms with Crippen LogP contribution in [0.15, 0.2) is 11.1 Å². The summed E-state index contributed by atoms with van der Waals surface area (Å²) < 4.78 is 56.6. The molecule has 1 heterocycles. The van der Waals surface area contributed by atoms with Crippen molar-refractivity contribution in [1.29, 1.82) is 0 Å². The summed E-state index contributed by atoms with van der Waals surface area (Å²) in [6.07, 6.45) is 0. The van der Waals surface area contributed by atoms with Gasteiger partial charge in [0.2, 0.25) is 5.90 Å². The van der Waals surface area contributed by atoms with Crippen LogP contribution in [0, 0.1) is 23.3 Å². The van der Waals surface area contributed by atoms with Gasteiger partial charge in [0.25, 0.3) is 0 Å². The van der Waals surface area contributed by atoms with Gasteiger partial charge in [-0.2, -0.15) is 0 Å². The lowest BCUT2D eigenvalue weighted by Crippen LogP contribution is -2.11. The van der Waals surface area contributed by atoms with Gasteiger partial charge in [0, 0.05) is 6.07 Å². The molecule has 0 aromatic heterocycles. The molecular weight excluding hydrogens is 214 g/mol. The van der Waals surface area contributed by atoms with Gasteiger partial charge in [0.15, 0.2) is 23.3 Å². The van der Waals surface area contributed by atoms with Gasteiger partial charge in [-0.3, -0.25) is 0 Å². The van der Waals surface area contributed by atoms with Gasteiger partial charge in [-0.05, 0) is 0 Å². The van der Waals surface area contributed by atoms with Crippen LogP contribution in [-0.4, -0.2) is 19.0 Å². The molecule has 0 aliphatic carbocycles. The summed E-state index contributed by atoms with van der Waals surface area (Å²) >= 11 is 0. The largest absolute Gasteiger partial charge is 0.475 e. The topological polar surface area (TPSA) is 21.6 Å². The summed E-state index contributed by atoms with van der Waals surface area (Å²) in [5.74, 6) is -6.32. The van der Waals surface area contributed by atoms with Gasteiger partial charge in [0.05, 0.1) is 6.54 Å². The van der Waals surface area contributed by atoms with Crippen molar-refractivity contribution in [1.82, 2.24) is 0 Å². The molecule has 1 aliphatic rings. The maximum atomic E-state index is 13.2. The molecule has 0 amide bonds. The molecule has 0 bridgehead atoms. The number of hydrogen-bond acceptors (Lipinski definition) is 2. The normalized spacial score (nSPS) is 15.1. The number of rotatable bonds is 1. The fourth-order valence-electron chi connectivity index (χ4n) is 1.25. The van der Waals surface area contributed by atoms with E-state index in [1.54, 1.807) is 0 Å². The van der Waals surface area contributed by atoms with Gasteiger partial charge in [-0.1, -0.05) is 0 Å². The van der Waals surface area contributed by atoms with Crippen molar-refractivity contribution < 1.29 is 22.3 Å². The predicted octanol–water partition coefficient (Wildman–Crippen LogP) is 2.02. The average molecular weight is 219 g/mol. The minimum Gasteiger partial charge on any atom is -0.475 e. The molecule has 1 aromatic carbocycles. The van der Waals surface area contributed by atoms with Crippen LogP contribution in [0.2, 0.25) is 0 Å². The maximum absolute atomic E-state index is 13.2. The first-order chi connectivity index (χ1) is 7.11. The van der Waals surface area contributed by atoms with Crippen molar-refractivity contribution >= 4 is 5.90 Å². The molecule has 2 rings (SSSR count). The lowest BCUT2D eigenvalue weighted by Gasteiger charge is -2.06. The summed E-state index contributed by atoms with van der Waals surface area (Å²) in [4.78, 5) is 3.59. The number of halogens is 4. The minimum absolute atomic E-state index is 0.143. The second kappa shape index (κ2) is 3.52. The van der Waals surface area contributed by atoms with Crippen molar-refractivity contribution in [3.8, 4) is 0 Å². The van der Waals surface area contributed by atoms with E-state index in [1.165, 1.54) is 0 Å². The van der Waals surface area contributed by atoms with Crippen LogP contribution >= 0.6 is 0 Å². The fourth-order valence-corrected chi connectivity index (χ4v) is 1.25. The molecule has 0 atom stereocenters. The van der Waals surface area contributed by atoms with E-state index in [1.807, 2.05) is 0 Å². The number of aliphatic imine (C=N–C) groups is 1. The molecule has 0 fully saturated rings. The van der Waals surface area contributed by atoms with E-state index in [4.69, 9.17) is 4.74 Å². The van der Waals surface area contributed by atoms with Gasteiger partial charge in [-0.25, -0.2) is 22.6 Å². The lowest BCUT2D eigenvalue weighted by molar-refractivity contribution is 0.342. The third kappa shape index (κ3) is 1.55. The average Bonchev–Trinajstić information content (AvgIpc) is 2.69. The Morgan fingerprint density at radius 2 is 1.67 bits per heavy atom. The highest BCUT2D eigenvalue weighted by Crippen LogP contribution is 2.21. The van der Waals surface area contributed by atoms with Crippen molar-refractivity contribution in [2.24, 2.45) is 4.99 Å². The molecular formula is C9H5F4NO. The zero-order valence-corrected chi connectivity index (χ0v) is 7.36. The van der Waals surface area contributed by atoms with E-state index in [0.717, 1.165) is 0 Å². The number of benzene rings is 1. The second-order valence-electron chi connectivity index (χ2n) is 2.88. The van der Waals surface area contributed by atoms with Crippen LogP contribution < -0.4 is 0 Å². The Balaban J connectivity index is 2.63. The number of nitrogens with zero attached hydrogens (tertiary/aromatic N) is 1. The van der Waals surface area contributed by atoms with Gasteiger partial charge >= 0.3 is 0 Å². The molecule has 0 unspecified atom stereocenters. The Bertz CT molecular complexity index is 418. The molecule has 0 saturated heterocycles. The number of hydrogen-bond donors (Lipinski definition) is 0. The first-order valence-electron chi connectivity index (χ1n) is 4.12. The van der Waals surface area contributed by atoms with Gasteiger partial charge in [-0.15, -0.1) is 0 Å². The summed E-state index contributed by atoms with van der Waals surface area (Å²) in [5.41, 5.74) is -0.884. The van der Waals surface area contributed by atoms with Crippen LogP contribution in [0.25, 0.3) is 0 Å². The van der Waals surface area contributed by atoms with Crippen LogP contribution in [0.5, 0.6) is 0 Å². The molecule has 6 heteroatoms. The van der Waals surface area contributed by atoms with Crippen LogP contribution in [0.3, 0.4) is 0 Å². The van der Waals surface area contributed by atoms with E-state index in [9.17, 15) is 17.6 Å². The van der Waals surface area contributed by atoms with Gasteiger partial charge in [0.1, 0.15) is 12.2 Å². The minimum atomic E-state index is -1.49. The highest BCUT2D eigenvalue weighted by atomic mass is 19.2. The van der Waals surface area contributed by atoms with Crippen molar-refractivity contribution in [3.05, 3.63) is 34.9 Å². The highest BCUT2D eigenvalue weighted by molar-refractivity contribution is 5.95. The molecule has 0 N–H and O–H groups in total. The molecule has 2 nitrogen and oxygen atoms in total. The van der Waals surface area contributed by atoms with E-state index in [0.29, 0.717) is 0 Å². The molecule has 1 aromatic rings. The molecule has 0 radical (unpaired) electrons. The predicted molar refractivity (Wildman–Crippen MR) is 43.6 cm³/mol. The quantitative estimate of drug-likeness (QED) is 0.523. The Morgan fingerprint density at radius 1 is 1.07 bits per heavy atom. The van der Waals surface area contributed by atoms with Crippen molar-refractivity contribution in [2.45, 2.75) is 0 Å². The monoisotopic (exact) mass is 219 g/mol. The number of ether oxygens (including phenoxy) is 1. The Hall–Kier alpha value is -1.59. The summed E-state index contributed by atoms with van der Waals surface area (Å²) in [6, 6.07) is 0.143. The third-order valence-corrected chi connectivity index (χ3v) is 1.91. The molecule has 80 valence electrons. The van der Waals surface area contributed by atoms with Crippen molar-refractivity contribution in [3.63, 3.8) is 0 Å². The van der Waals surface area contributed by atoms with Crippen molar-refractivity contribution in [2.75, 3.05) is 13.2 Å². The molecule has 15 heavy (non-hydrogen) atoms. The standard InChI is InChI=1S/C9H5F4NO/c10-4-3-5(11)8(13)6(7(4)12)9-14-1-2-15-9/h3H,1-2H2. The lowest BCUT2D eigenvalue weighted by atomic mass is 10.2. The smallest absolute Gasteiger partial charge is 0.222 e. The van der Waals surface area contributed by atoms with Gasteiger partial charge < -0.3 is 4.74 Å². The summed E-state index contributed by atoms with van der Waals surface area (Å²) in [7, 11) is 0. The Labute approximate surface area is 82.2 Å². The zero-order valence-electron chi connectivity index (χ0n) is 7.36. The fraction of sp³-hybridized carbons (Fsp3) is 0.222. The van der Waals surface area contributed by atoms with E-state index >= 15 is 0 Å². The Kier molecular flexibility index (Phi) is 2.34. The molecule has 1 aliphatic heterocycles. The van der Waals surface area contributed by atoms with Crippen LogP contribution in [-0.2, 0) is 4.74 Å². The van der Waals surface area contributed by atoms with E-state index in [-0.39, 0.29) is 19.2 Å². The summed E-state index contributed by atoms with van der Waals surface area (Å²) in [5, 5.41) is 0. The maximum Gasteiger partial charge on any atom is 0.222 e. The van der Waals surface area contributed by atoms with E-state index < -0.39 is 34.7 Å². The zero-order chi connectivity index (χ0) is 11.0. The summed E-state index contributed by atoms with van der Waals surface area (Å²) in [6.45, 7) is 0.360. The first-order valence-corrected chi connectivity index (χ1v) is 4.12. The second-order valence-corrected chi connectivity index (χ2v) is 2.88. The molecule has 0 spiro atoms. The highest BCUT2D eigenvalue weighted by Gasteiger charge is 2.25. The SMILES string of the molecule is Fc1cc(F)c(F)c(C2=NCCO2)c1F. The van der Waals surface area contributed by atoms with E-state index in [2.05, 4.69) is 4.99 Å². The third-order valence-electron chi connectivity index (χ3n) is 1.91. The van der Waals surface area contributed by atoms with Crippen LogP contribution in [0.4, 0.5) is 17.6 Å². The van der Waals surface area contributed by atoms with Crippen LogP contribution in [0.1, 0.15) is 5.56 Å².